The van der Waals surface area contributed by atoms with Gasteiger partial charge in [-0.1, -0.05) is 0 Å². The maximum Gasteiger partial charge on any atom is 0.194 e. The van der Waals surface area contributed by atoms with E-state index in [0.717, 1.165) is 45.4 Å². The van der Waals surface area contributed by atoms with E-state index in [4.69, 9.17) is 9.73 Å². The SMILES string of the molecule is CCNC(=NCC(C)N1CCOCC1C)N(C)Cc1ccsc1. The molecule has 2 unspecified atom stereocenters. The molecule has 1 aliphatic rings. The van der Waals surface area contributed by atoms with Crippen molar-refractivity contribution in [2.45, 2.75) is 39.4 Å². The Hall–Kier alpha value is -1.11. The van der Waals surface area contributed by atoms with Crippen LogP contribution in [0, 0.1) is 0 Å². The third kappa shape index (κ3) is 5.48. The van der Waals surface area contributed by atoms with Crippen LogP contribution in [0.1, 0.15) is 26.3 Å². The standard InChI is InChI=1S/C17H30N4OS/c1-5-18-17(20(4)11-16-6-9-23-13-16)19-10-14(2)21-7-8-22-12-15(21)3/h6,9,13-15H,5,7-8,10-12H2,1-4H3,(H,18,19). The molecule has 1 saturated heterocycles. The molecule has 23 heavy (non-hydrogen) atoms. The topological polar surface area (TPSA) is 40.1 Å². The molecule has 0 amide bonds. The van der Waals surface area contributed by atoms with Gasteiger partial charge in [-0.05, 0) is 43.2 Å². The minimum Gasteiger partial charge on any atom is -0.379 e. The summed E-state index contributed by atoms with van der Waals surface area (Å²) in [5.74, 6) is 0.978. The minimum atomic E-state index is 0.428. The Kier molecular flexibility index (Phi) is 7.33. The number of guanidine groups is 1. The van der Waals surface area contributed by atoms with Gasteiger partial charge in [-0.3, -0.25) is 9.89 Å². The zero-order chi connectivity index (χ0) is 16.7. The highest BCUT2D eigenvalue weighted by Gasteiger charge is 2.23. The molecule has 1 aromatic heterocycles. The lowest BCUT2D eigenvalue weighted by Crippen LogP contribution is -2.49. The van der Waals surface area contributed by atoms with Crippen molar-refractivity contribution in [3.63, 3.8) is 0 Å². The summed E-state index contributed by atoms with van der Waals surface area (Å²) in [5, 5.41) is 7.71. The number of nitrogens with zero attached hydrogens (tertiary/aromatic N) is 3. The van der Waals surface area contributed by atoms with Crippen LogP contribution in [-0.2, 0) is 11.3 Å². The van der Waals surface area contributed by atoms with Crippen molar-refractivity contribution in [2.75, 3.05) is 39.9 Å². The first-order chi connectivity index (χ1) is 11.1. The average molecular weight is 339 g/mol. The highest BCUT2D eigenvalue weighted by molar-refractivity contribution is 7.07. The maximum absolute atomic E-state index is 5.53. The fourth-order valence-corrected chi connectivity index (χ4v) is 3.58. The first kappa shape index (κ1) is 18.2. The van der Waals surface area contributed by atoms with Gasteiger partial charge in [-0.15, -0.1) is 0 Å². The van der Waals surface area contributed by atoms with Crippen molar-refractivity contribution in [1.29, 1.82) is 0 Å². The van der Waals surface area contributed by atoms with Gasteiger partial charge in [0.05, 0.1) is 19.8 Å². The van der Waals surface area contributed by atoms with Crippen LogP contribution in [0.4, 0.5) is 0 Å². The van der Waals surface area contributed by atoms with E-state index in [0.29, 0.717) is 12.1 Å². The lowest BCUT2D eigenvalue weighted by molar-refractivity contribution is -0.0166. The van der Waals surface area contributed by atoms with Gasteiger partial charge >= 0.3 is 0 Å². The Bertz CT molecular complexity index is 477. The fourth-order valence-electron chi connectivity index (χ4n) is 2.92. The summed E-state index contributed by atoms with van der Waals surface area (Å²) < 4.78 is 5.53. The van der Waals surface area contributed by atoms with E-state index in [1.54, 1.807) is 11.3 Å². The van der Waals surface area contributed by atoms with E-state index in [2.05, 4.69) is 59.8 Å². The van der Waals surface area contributed by atoms with Crippen molar-refractivity contribution in [3.8, 4) is 0 Å². The molecule has 0 aromatic carbocycles. The van der Waals surface area contributed by atoms with Gasteiger partial charge in [0.2, 0.25) is 0 Å². The predicted octanol–water partition coefficient (Wildman–Crippen LogP) is 2.25. The lowest BCUT2D eigenvalue weighted by Gasteiger charge is -2.37. The van der Waals surface area contributed by atoms with Gasteiger partial charge in [-0.25, -0.2) is 0 Å². The second kappa shape index (κ2) is 9.25. The van der Waals surface area contributed by atoms with E-state index < -0.39 is 0 Å². The Morgan fingerprint density at radius 2 is 2.43 bits per heavy atom. The molecule has 1 aromatic rings. The zero-order valence-corrected chi connectivity index (χ0v) is 15.6. The van der Waals surface area contributed by atoms with Gasteiger partial charge in [0.25, 0.3) is 0 Å². The lowest BCUT2D eigenvalue weighted by atomic mass is 10.2. The Labute approximate surface area is 144 Å². The van der Waals surface area contributed by atoms with Crippen molar-refractivity contribution in [3.05, 3.63) is 22.4 Å². The number of thiophene rings is 1. The fraction of sp³-hybridized carbons (Fsp3) is 0.706. The van der Waals surface area contributed by atoms with Crippen molar-refractivity contribution in [1.82, 2.24) is 15.1 Å². The number of aliphatic imine (C=N–C) groups is 1. The summed E-state index contributed by atoms with van der Waals surface area (Å²) in [7, 11) is 2.10. The smallest absolute Gasteiger partial charge is 0.194 e. The van der Waals surface area contributed by atoms with E-state index in [-0.39, 0.29) is 0 Å². The first-order valence-corrected chi connectivity index (χ1v) is 9.40. The largest absolute Gasteiger partial charge is 0.379 e. The first-order valence-electron chi connectivity index (χ1n) is 8.45. The average Bonchev–Trinajstić information content (AvgIpc) is 3.04. The molecule has 0 saturated carbocycles. The highest BCUT2D eigenvalue weighted by Crippen LogP contribution is 2.12. The normalized spacial score (nSPS) is 21.2. The second-order valence-corrected chi connectivity index (χ2v) is 6.97. The molecule has 0 radical (unpaired) electrons. The van der Waals surface area contributed by atoms with Crippen molar-refractivity contribution < 1.29 is 4.74 Å². The van der Waals surface area contributed by atoms with Crippen LogP contribution in [0.25, 0.3) is 0 Å². The van der Waals surface area contributed by atoms with E-state index in [9.17, 15) is 0 Å². The van der Waals surface area contributed by atoms with Gasteiger partial charge in [0.15, 0.2) is 5.96 Å². The number of rotatable bonds is 6. The summed E-state index contributed by atoms with van der Waals surface area (Å²) in [6.07, 6.45) is 0. The number of ether oxygens (including phenoxy) is 1. The van der Waals surface area contributed by atoms with Crippen LogP contribution >= 0.6 is 11.3 Å². The quantitative estimate of drug-likeness (QED) is 0.638. The van der Waals surface area contributed by atoms with Gasteiger partial charge in [0.1, 0.15) is 0 Å². The second-order valence-electron chi connectivity index (χ2n) is 6.19. The molecular formula is C17H30N4OS. The van der Waals surface area contributed by atoms with Crippen molar-refractivity contribution in [2.24, 2.45) is 4.99 Å². The van der Waals surface area contributed by atoms with Gasteiger partial charge in [-0.2, -0.15) is 11.3 Å². The minimum absolute atomic E-state index is 0.428. The van der Waals surface area contributed by atoms with Crippen molar-refractivity contribution >= 4 is 17.3 Å². The molecule has 2 heterocycles. The number of hydrogen-bond donors (Lipinski definition) is 1. The molecule has 1 aliphatic heterocycles. The molecule has 1 N–H and O–H groups in total. The van der Waals surface area contributed by atoms with Gasteiger partial charge < -0.3 is 15.0 Å². The zero-order valence-electron chi connectivity index (χ0n) is 14.8. The molecule has 0 aliphatic carbocycles. The number of hydrogen-bond acceptors (Lipinski definition) is 4. The van der Waals surface area contributed by atoms with Gasteiger partial charge in [0, 0.05) is 38.8 Å². The molecule has 0 spiro atoms. The third-order valence-corrected chi connectivity index (χ3v) is 4.92. The molecule has 0 bridgehead atoms. The van der Waals surface area contributed by atoms with Crippen LogP contribution in [0.5, 0.6) is 0 Å². The monoisotopic (exact) mass is 338 g/mol. The predicted molar refractivity (Wildman–Crippen MR) is 98.2 cm³/mol. The molecule has 5 nitrogen and oxygen atoms in total. The van der Waals surface area contributed by atoms with E-state index in [1.165, 1.54) is 5.56 Å². The molecule has 2 rings (SSSR count). The summed E-state index contributed by atoms with van der Waals surface area (Å²) >= 11 is 1.74. The summed E-state index contributed by atoms with van der Waals surface area (Å²) in [4.78, 5) is 9.55. The molecule has 130 valence electrons. The highest BCUT2D eigenvalue weighted by atomic mass is 32.1. The third-order valence-electron chi connectivity index (χ3n) is 4.19. The number of morpholine rings is 1. The van der Waals surface area contributed by atoms with E-state index >= 15 is 0 Å². The summed E-state index contributed by atoms with van der Waals surface area (Å²) in [6.45, 7) is 11.8. The van der Waals surface area contributed by atoms with Crippen LogP contribution in [0.2, 0.25) is 0 Å². The van der Waals surface area contributed by atoms with Crippen LogP contribution in [0.15, 0.2) is 21.8 Å². The maximum atomic E-state index is 5.53. The summed E-state index contributed by atoms with van der Waals surface area (Å²) in [6, 6.07) is 3.07. The Morgan fingerprint density at radius 3 is 3.09 bits per heavy atom. The Balaban J connectivity index is 1.94. The van der Waals surface area contributed by atoms with Crippen LogP contribution in [-0.4, -0.2) is 67.7 Å². The molecule has 6 heteroatoms. The van der Waals surface area contributed by atoms with Crippen LogP contribution < -0.4 is 5.32 Å². The summed E-state index contributed by atoms with van der Waals surface area (Å²) in [5.41, 5.74) is 1.33. The molecule has 2 atom stereocenters. The van der Waals surface area contributed by atoms with Crippen LogP contribution in [0.3, 0.4) is 0 Å². The number of nitrogens with one attached hydrogen (secondary N) is 1. The Morgan fingerprint density at radius 1 is 1.61 bits per heavy atom. The molecular weight excluding hydrogens is 308 g/mol. The molecule has 1 fully saturated rings. The van der Waals surface area contributed by atoms with E-state index in [1.807, 2.05) is 0 Å².